The van der Waals surface area contributed by atoms with E-state index < -0.39 is 0 Å². The molecule has 5 aromatic rings. The van der Waals surface area contributed by atoms with Gasteiger partial charge in [0.1, 0.15) is 0 Å². The van der Waals surface area contributed by atoms with Gasteiger partial charge in [0.2, 0.25) is 11.4 Å². The number of pyridine rings is 1. The fraction of sp³-hybridized carbons (Fsp3) is 0.114. The summed E-state index contributed by atoms with van der Waals surface area (Å²) in [4.78, 5) is 0. The third-order valence-corrected chi connectivity index (χ3v) is 8.41. The summed E-state index contributed by atoms with van der Waals surface area (Å²) in [5.41, 5.74) is 9.63. The molecule has 0 atom stereocenters. The van der Waals surface area contributed by atoms with Crippen LogP contribution < -0.4 is 4.57 Å². The number of rotatable bonds is 7. The van der Waals surface area contributed by atoms with E-state index in [0.29, 0.717) is 5.92 Å². The second-order valence-electron chi connectivity index (χ2n) is 9.94. The first-order valence-corrected chi connectivity index (χ1v) is 15.4. The van der Waals surface area contributed by atoms with E-state index in [-0.39, 0.29) is 0 Å². The van der Waals surface area contributed by atoms with Crippen molar-refractivity contribution in [2.45, 2.75) is 26.3 Å². The number of halogens is 3. The minimum absolute atomic E-state index is 0.521. The van der Waals surface area contributed by atoms with Gasteiger partial charge in [0, 0.05) is 42.8 Å². The van der Waals surface area contributed by atoms with Crippen molar-refractivity contribution in [3.8, 4) is 22.4 Å². The Bertz CT molecular complexity index is 1580. The summed E-state index contributed by atoms with van der Waals surface area (Å²) >= 11 is 10.8. The summed E-state index contributed by atoms with van der Waals surface area (Å²) in [6.07, 6.45) is 4.46. The Morgan fingerprint density at radius 1 is 0.590 bits per heavy atom. The van der Waals surface area contributed by atoms with Crippen molar-refractivity contribution in [3.05, 3.63) is 145 Å². The lowest BCUT2D eigenvalue weighted by Crippen LogP contribution is -2.40. The molecule has 0 N–H and O–H groups in total. The maximum absolute atomic E-state index is 3.61. The van der Waals surface area contributed by atoms with E-state index in [1.54, 1.807) is 0 Å². The minimum atomic E-state index is 0.521. The molecule has 0 aliphatic carbocycles. The van der Waals surface area contributed by atoms with Gasteiger partial charge in [0.05, 0.1) is 0 Å². The number of hydrogen-bond acceptors (Lipinski definition) is 0. The molecule has 0 fully saturated rings. The van der Waals surface area contributed by atoms with Crippen LogP contribution in [0.1, 0.15) is 42.1 Å². The smallest absolute Gasteiger partial charge is 0.187 e. The van der Waals surface area contributed by atoms with Gasteiger partial charge in [0.25, 0.3) is 0 Å². The first-order chi connectivity index (χ1) is 18.9. The van der Waals surface area contributed by atoms with Gasteiger partial charge in [-0.1, -0.05) is 110 Å². The number of hydrogen-bond donors (Lipinski definition) is 0. The molecule has 0 unspecified atom stereocenters. The molecule has 39 heavy (non-hydrogen) atoms. The van der Waals surface area contributed by atoms with Crippen LogP contribution in [0.5, 0.6) is 0 Å². The van der Waals surface area contributed by atoms with Crippen molar-refractivity contribution in [3.63, 3.8) is 0 Å². The maximum Gasteiger partial charge on any atom is 0.213 e. The largest absolute Gasteiger partial charge is 0.213 e. The van der Waals surface area contributed by atoms with Crippen LogP contribution in [-0.2, 0) is 6.54 Å². The average molecular weight is 703 g/mol. The van der Waals surface area contributed by atoms with Gasteiger partial charge in [0.15, 0.2) is 6.54 Å². The van der Waals surface area contributed by atoms with Crippen LogP contribution in [0.15, 0.2) is 123 Å². The van der Waals surface area contributed by atoms with Crippen LogP contribution in [0.2, 0.25) is 0 Å². The zero-order chi connectivity index (χ0) is 27.4. The Morgan fingerprint density at radius 3 is 1.69 bits per heavy atom. The van der Waals surface area contributed by atoms with Gasteiger partial charge in [-0.15, -0.1) is 0 Å². The van der Waals surface area contributed by atoms with E-state index in [0.717, 1.165) is 25.7 Å². The van der Waals surface area contributed by atoms with Gasteiger partial charge in [-0.25, -0.2) is 0 Å². The summed E-state index contributed by atoms with van der Waals surface area (Å²) in [5, 5.41) is 0. The normalized spacial score (nSPS) is 11.4. The fourth-order valence-electron chi connectivity index (χ4n) is 4.57. The molecule has 194 valence electrons. The summed E-state index contributed by atoms with van der Waals surface area (Å²) in [6.45, 7) is 5.21. The van der Waals surface area contributed by atoms with E-state index in [2.05, 4.69) is 188 Å². The standard InChI is InChI=1S/C35H29Br3N/c1-24(2)27-8-3-25(4-9-27)7-20-34-21-30(28-10-16-32(37)17-11-28)22-35(29-12-18-33(38)19-13-29)39(34)23-26-5-14-31(36)15-6-26/h3-22,24H,23H2,1-2H3/q+1/b20-7+. The predicted molar refractivity (Wildman–Crippen MR) is 176 cm³/mol. The van der Waals surface area contributed by atoms with Gasteiger partial charge in [-0.05, 0) is 82.8 Å². The third-order valence-electron chi connectivity index (χ3n) is 6.82. The van der Waals surface area contributed by atoms with Crippen molar-refractivity contribution in [1.82, 2.24) is 0 Å². The van der Waals surface area contributed by atoms with Gasteiger partial charge < -0.3 is 0 Å². The first-order valence-electron chi connectivity index (χ1n) is 13.0. The van der Waals surface area contributed by atoms with E-state index >= 15 is 0 Å². The Morgan fingerprint density at radius 2 is 1.13 bits per heavy atom. The molecule has 4 aromatic carbocycles. The minimum Gasteiger partial charge on any atom is -0.187 e. The molecule has 4 heteroatoms. The van der Waals surface area contributed by atoms with E-state index in [1.807, 2.05) is 0 Å². The maximum atomic E-state index is 3.61. The summed E-state index contributed by atoms with van der Waals surface area (Å²) in [7, 11) is 0. The summed E-state index contributed by atoms with van der Waals surface area (Å²) < 4.78 is 5.64. The molecule has 1 heterocycles. The van der Waals surface area contributed by atoms with Crippen molar-refractivity contribution >= 4 is 59.9 Å². The van der Waals surface area contributed by atoms with Crippen LogP contribution in [0, 0.1) is 0 Å². The molecule has 0 spiro atoms. The lowest BCUT2D eigenvalue weighted by Gasteiger charge is -2.12. The van der Waals surface area contributed by atoms with Gasteiger partial charge in [-0.3, -0.25) is 0 Å². The number of nitrogens with zero attached hydrogens (tertiary/aromatic N) is 1. The summed E-state index contributed by atoms with van der Waals surface area (Å²) in [5.74, 6) is 0.521. The molecule has 0 saturated heterocycles. The van der Waals surface area contributed by atoms with Gasteiger partial charge >= 0.3 is 0 Å². The molecule has 0 aliphatic heterocycles. The van der Waals surface area contributed by atoms with Crippen molar-refractivity contribution in [2.75, 3.05) is 0 Å². The lowest BCUT2D eigenvalue weighted by molar-refractivity contribution is -0.679. The molecule has 5 rings (SSSR count). The van der Waals surface area contributed by atoms with Crippen LogP contribution in [0.4, 0.5) is 0 Å². The highest BCUT2D eigenvalue weighted by atomic mass is 79.9. The quantitative estimate of drug-likeness (QED) is 0.149. The molecular weight excluding hydrogens is 674 g/mol. The molecular formula is C35H29Br3N+. The van der Waals surface area contributed by atoms with Crippen LogP contribution in [0.25, 0.3) is 34.5 Å². The highest BCUT2D eigenvalue weighted by Crippen LogP contribution is 2.29. The Balaban J connectivity index is 1.68. The molecule has 1 aromatic heterocycles. The second kappa shape index (κ2) is 12.6. The molecule has 0 aliphatic rings. The SMILES string of the molecule is CC(C)c1ccc(/C=C/c2cc(-c3ccc(Br)cc3)cc(-c3ccc(Br)cc3)[n+]2Cc2ccc(Br)cc2)cc1. The Hall–Kier alpha value is -2.79. The first kappa shape index (κ1) is 27.8. The van der Waals surface area contributed by atoms with Gasteiger partial charge in [-0.2, -0.15) is 4.57 Å². The second-order valence-corrected chi connectivity index (χ2v) is 12.7. The molecule has 1 nitrogen and oxygen atoms in total. The van der Waals surface area contributed by atoms with E-state index in [1.165, 1.54) is 39.1 Å². The lowest BCUT2D eigenvalue weighted by atomic mass is 10.00. The van der Waals surface area contributed by atoms with Crippen LogP contribution >= 0.6 is 47.8 Å². The van der Waals surface area contributed by atoms with E-state index in [4.69, 9.17) is 0 Å². The molecule has 0 amide bonds. The zero-order valence-corrected chi connectivity index (χ0v) is 26.7. The van der Waals surface area contributed by atoms with Crippen LogP contribution in [0.3, 0.4) is 0 Å². The van der Waals surface area contributed by atoms with E-state index in [9.17, 15) is 0 Å². The fourth-order valence-corrected chi connectivity index (χ4v) is 5.37. The van der Waals surface area contributed by atoms with Crippen molar-refractivity contribution < 1.29 is 4.57 Å². The average Bonchev–Trinajstić information content (AvgIpc) is 2.94. The molecule has 0 radical (unpaired) electrons. The monoisotopic (exact) mass is 700 g/mol. The third kappa shape index (κ3) is 7.05. The molecule has 0 bridgehead atoms. The molecule has 0 saturated carbocycles. The highest BCUT2D eigenvalue weighted by molar-refractivity contribution is 9.11. The Labute approximate surface area is 256 Å². The van der Waals surface area contributed by atoms with Crippen molar-refractivity contribution in [2.24, 2.45) is 0 Å². The number of benzene rings is 4. The van der Waals surface area contributed by atoms with Crippen LogP contribution in [-0.4, -0.2) is 0 Å². The summed E-state index contributed by atoms with van der Waals surface area (Å²) in [6, 6.07) is 39.2. The number of aromatic nitrogens is 1. The Kier molecular flexibility index (Phi) is 8.96. The highest BCUT2D eigenvalue weighted by Gasteiger charge is 2.21. The topological polar surface area (TPSA) is 3.88 Å². The van der Waals surface area contributed by atoms with Crippen molar-refractivity contribution in [1.29, 1.82) is 0 Å². The zero-order valence-electron chi connectivity index (χ0n) is 21.9. The predicted octanol–water partition coefficient (Wildman–Crippen LogP) is 10.9.